The third-order valence-electron chi connectivity index (χ3n) is 4.95. The van der Waals surface area contributed by atoms with Crippen molar-refractivity contribution >= 4 is 23.7 Å². The number of hydrogen-bond donors (Lipinski definition) is 2. The van der Waals surface area contributed by atoms with Crippen LogP contribution >= 0.6 is 0 Å². The average Bonchev–Trinajstić information content (AvgIpc) is 3.17. The van der Waals surface area contributed by atoms with E-state index in [-0.39, 0.29) is 37.0 Å². The summed E-state index contributed by atoms with van der Waals surface area (Å²) in [6.45, 7) is 1.72. The van der Waals surface area contributed by atoms with E-state index >= 15 is 0 Å². The highest BCUT2D eigenvalue weighted by Gasteiger charge is 2.63. The first-order valence-electron chi connectivity index (χ1n) is 7.93. The van der Waals surface area contributed by atoms with Crippen LogP contribution in [-0.4, -0.2) is 58.5 Å². The van der Waals surface area contributed by atoms with Gasteiger partial charge in [-0.05, 0) is 26.2 Å². The first-order chi connectivity index (χ1) is 10.9. The van der Waals surface area contributed by atoms with E-state index in [1.54, 1.807) is 0 Å². The molecule has 8 heteroatoms. The Morgan fingerprint density at radius 2 is 1.83 bits per heavy atom. The van der Waals surface area contributed by atoms with Crippen LogP contribution in [0.5, 0.6) is 0 Å². The molecule has 126 valence electrons. The van der Waals surface area contributed by atoms with Crippen LogP contribution in [0.15, 0.2) is 0 Å². The van der Waals surface area contributed by atoms with Crippen molar-refractivity contribution in [2.24, 2.45) is 11.8 Å². The largest absolute Gasteiger partial charge is 0.481 e. The number of aliphatic carboxylic acids is 1. The molecule has 8 nitrogen and oxygen atoms in total. The summed E-state index contributed by atoms with van der Waals surface area (Å²) in [5.74, 6) is -2.89. The zero-order valence-electron chi connectivity index (χ0n) is 12.9. The topological polar surface area (TPSA) is 113 Å². The number of amides is 3. The van der Waals surface area contributed by atoms with Gasteiger partial charge in [0.2, 0.25) is 17.7 Å². The SMILES string of the molecule is CC(C(=O)NCCCC(=O)O)N1C(=O)C2C3CCC(O3)C2C1=O. The molecule has 3 fully saturated rings. The van der Waals surface area contributed by atoms with Crippen molar-refractivity contribution < 1.29 is 29.0 Å². The number of rotatable bonds is 6. The van der Waals surface area contributed by atoms with Gasteiger partial charge in [-0.25, -0.2) is 0 Å². The highest BCUT2D eigenvalue weighted by atomic mass is 16.5. The molecule has 3 heterocycles. The zero-order valence-corrected chi connectivity index (χ0v) is 12.9. The van der Waals surface area contributed by atoms with Crippen molar-refractivity contribution in [2.45, 2.75) is 50.9 Å². The lowest BCUT2D eigenvalue weighted by atomic mass is 9.81. The standard InChI is InChI=1S/C15H20N2O6/c1-7(13(20)16-6-2-3-10(18)19)17-14(21)11-8-4-5-9(23-8)12(11)15(17)22/h7-9,11-12H,2-6H2,1H3,(H,16,20)(H,18,19). The highest BCUT2D eigenvalue weighted by molar-refractivity contribution is 6.09. The van der Waals surface area contributed by atoms with Crippen molar-refractivity contribution in [1.82, 2.24) is 10.2 Å². The second kappa shape index (κ2) is 5.92. The number of likely N-dealkylation sites (tertiary alicyclic amines) is 1. The fraction of sp³-hybridized carbons (Fsp3) is 0.733. The van der Waals surface area contributed by atoms with Gasteiger partial charge in [0.05, 0.1) is 24.0 Å². The normalized spacial score (nSPS) is 33.0. The van der Waals surface area contributed by atoms with E-state index in [9.17, 15) is 19.2 Å². The summed E-state index contributed by atoms with van der Waals surface area (Å²) in [5, 5.41) is 11.1. The fourth-order valence-electron chi connectivity index (χ4n) is 3.83. The molecule has 0 spiro atoms. The molecule has 3 saturated heterocycles. The van der Waals surface area contributed by atoms with Crippen LogP contribution in [0.2, 0.25) is 0 Å². The molecule has 0 aromatic heterocycles. The molecule has 2 N–H and O–H groups in total. The number of hydrogen-bond acceptors (Lipinski definition) is 5. The van der Waals surface area contributed by atoms with E-state index < -0.39 is 29.8 Å². The van der Waals surface area contributed by atoms with Crippen LogP contribution in [0.25, 0.3) is 0 Å². The van der Waals surface area contributed by atoms with Crippen LogP contribution in [0.3, 0.4) is 0 Å². The van der Waals surface area contributed by atoms with Crippen LogP contribution in [0.1, 0.15) is 32.6 Å². The summed E-state index contributed by atoms with van der Waals surface area (Å²) in [5.41, 5.74) is 0. The Hall–Kier alpha value is -1.96. The van der Waals surface area contributed by atoms with Gasteiger partial charge in [0.25, 0.3) is 0 Å². The molecule has 0 aliphatic carbocycles. The summed E-state index contributed by atoms with van der Waals surface area (Å²) in [6.07, 6.45) is 1.44. The van der Waals surface area contributed by atoms with Crippen LogP contribution in [0.4, 0.5) is 0 Å². The van der Waals surface area contributed by atoms with Gasteiger partial charge in [-0.3, -0.25) is 24.1 Å². The third-order valence-corrected chi connectivity index (χ3v) is 4.95. The molecule has 0 aromatic carbocycles. The Bertz CT molecular complexity index is 534. The van der Waals surface area contributed by atoms with Crippen molar-refractivity contribution in [3.63, 3.8) is 0 Å². The lowest BCUT2D eigenvalue weighted by Gasteiger charge is -2.23. The molecule has 3 rings (SSSR count). The predicted molar refractivity (Wildman–Crippen MR) is 76.1 cm³/mol. The maximum Gasteiger partial charge on any atom is 0.303 e. The van der Waals surface area contributed by atoms with E-state index in [0.717, 1.165) is 17.7 Å². The number of fused-ring (bicyclic) bond motifs is 5. The lowest BCUT2D eigenvalue weighted by molar-refractivity contribution is -0.149. The number of carbonyl (C=O) groups is 4. The number of ether oxygens (including phenoxy) is 1. The smallest absolute Gasteiger partial charge is 0.303 e. The fourth-order valence-corrected chi connectivity index (χ4v) is 3.83. The monoisotopic (exact) mass is 324 g/mol. The first-order valence-corrected chi connectivity index (χ1v) is 7.93. The van der Waals surface area contributed by atoms with E-state index in [1.807, 2.05) is 0 Å². The Morgan fingerprint density at radius 3 is 2.35 bits per heavy atom. The molecular weight excluding hydrogens is 304 g/mol. The lowest BCUT2D eigenvalue weighted by Crippen LogP contribution is -2.49. The maximum atomic E-state index is 12.5. The van der Waals surface area contributed by atoms with E-state index in [2.05, 4.69) is 5.32 Å². The maximum absolute atomic E-state index is 12.5. The van der Waals surface area contributed by atoms with Crippen molar-refractivity contribution in [2.75, 3.05) is 6.54 Å². The Labute approximate surface area is 133 Å². The summed E-state index contributed by atoms with van der Waals surface area (Å²) < 4.78 is 5.65. The van der Waals surface area contributed by atoms with Crippen LogP contribution in [-0.2, 0) is 23.9 Å². The van der Waals surface area contributed by atoms with Gasteiger partial charge >= 0.3 is 5.97 Å². The molecule has 0 radical (unpaired) electrons. The zero-order chi connectivity index (χ0) is 16.7. The number of nitrogens with one attached hydrogen (secondary N) is 1. The van der Waals surface area contributed by atoms with Gasteiger partial charge in [0.1, 0.15) is 6.04 Å². The minimum atomic E-state index is -0.930. The Kier molecular flexibility index (Phi) is 4.09. The number of carboxylic acids is 1. The summed E-state index contributed by atoms with van der Waals surface area (Å²) in [4.78, 5) is 48.7. The number of imide groups is 1. The van der Waals surface area contributed by atoms with Crippen LogP contribution in [0, 0.1) is 11.8 Å². The third kappa shape index (κ3) is 2.60. The quantitative estimate of drug-likeness (QED) is 0.504. The van der Waals surface area contributed by atoms with Crippen molar-refractivity contribution in [3.05, 3.63) is 0 Å². The van der Waals surface area contributed by atoms with E-state index in [4.69, 9.17) is 9.84 Å². The van der Waals surface area contributed by atoms with E-state index in [0.29, 0.717) is 6.42 Å². The number of carboxylic acid groups (broad SMARTS) is 1. The molecule has 2 bridgehead atoms. The number of carbonyl (C=O) groups excluding carboxylic acids is 3. The average molecular weight is 324 g/mol. The number of nitrogens with zero attached hydrogens (tertiary/aromatic N) is 1. The minimum Gasteiger partial charge on any atom is -0.481 e. The van der Waals surface area contributed by atoms with Gasteiger partial charge in [-0.1, -0.05) is 0 Å². The van der Waals surface area contributed by atoms with Gasteiger partial charge in [0, 0.05) is 13.0 Å². The molecule has 3 aliphatic heterocycles. The van der Waals surface area contributed by atoms with E-state index in [1.165, 1.54) is 6.92 Å². The summed E-state index contributed by atoms with van der Waals surface area (Å²) >= 11 is 0. The molecule has 0 saturated carbocycles. The first kappa shape index (κ1) is 15.9. The second-order valence-electron chi connectivity index (χ2n) is 6.35. The Balaban J connectivity index is 1.60. The molecule has 0 aromatic rings. The van der Waals surface area contributed by atoms with Crippen molar-refractivity contribution in [1.29, 1.82) is 0 Å². The second-order valence-corrected chi connectivity index (χ2v) is 6.35. The summed E-state index contributed by atoms with van der Waals surface area (Å²) in [7, 11) is 0. The van der Waals surface area contributed by atoms with Gasteiger partial charge in [0.15, 0.2) is 0 Å². The molecule has 3 aliphatic rings. The van der Waals surface area contributed by atoms with Gasteiger partial charge in [-0.15, -0.1) is 0 Å². The summed E-state index contributed by atoms with van der Waals surface area (Å²) in [6, 6.07) is -0.884. The highest BCUT2D eigenvalue weighted by Crippen LogP contribution is 2.48. The molecule has 23 heavy (non-hydrogen) atoms. The van der Waals surface area contributed by atoms with Crippen molar-refractivity contribution in [3.8, 4) is 0 Å². The predicted octanol–water partition coefficient (Wildman–Crippen LogP) is -0.482. The molecule has 5 atom stereocenters. The van der Waals surface area contributed by atoms with Crippen LogP contribution < -0.4 is 5.32 Å². The molecule has 5 unspecified atom stereocenters. The van der Waals surface area contributed by atoms with Gasteiger partial charge in [-0.2, -0.15) is 0 Å². The molecular formula is C15H20N2O6. The van der Waals surface area contributed by atoms with Gasteiger partial charge < -0.3 is 15.2 Å². The Morgan fingerprint density at radius 1 is 1.26 bits per heavy atom. The molecule has 3 amide bonds. The minimum absolute atomic E-state index is 0.0406.